The zero-order valence-corrected chi connectivity index (χ0v) is 17.7. The van der Waals surface area contributed by atoms with Gasteiger partial charge in [0.2, 0.25) is 0 Å². The number of nitrogens with two attached hydrogens (primary N) is 1. The SMILES string of the molecule is C[C@@]1(c2cccc(OCC3CC3)c2)C(N)=N[C@](C)(c2ccc(F)cc2F)CS1(=O)=O. The predicted octanol–water partition coefficient (Wildman–Crippen LogP) is 3.67. The summed E-state index contributed by atoms with van der Waals surface area (Å²) in [6, 6.07) is 9.85. The minimum absolute atomic E-state index is 0.0148. The summed E-state index contributed by atoms with van der Waals surface area (Å²) in [6.45, 7) is 3.59. The Hall–Kier alpha value is -2.48. The average Bonchev–Trinajstić information content (AvgIpc) is 3.48. The van der Waals surface area contributed by atoms with Crippen LogP contribution in [0.5, 0.6) is 5.75 Å². The quantitative estimate of drug-likeness (QED) is 0.779. The van der Waals surface area contributed by atoms with Crippen LogP contribution in [-0.4, -0.2) is 26.6 Å². The minimum atomic E-state index is -3.92. The molecule has 1 heterocycles. The molecular formula is C22H24F2N2O3S. The van der Waals surface area contributed by atoms with Gasteiger partial charge in [-0.3, -0.25) is 4.99 Å². The molecule has 8 heteroatoms. The second-order valence-electron chi connectivity index (χ2n) is 8.47. The van der Waals surface area contributed by atoms with Crippen LogP contribution in [0.25, 0.3) is 0 Å². The number of aliphatic imine (C=N–C) groups is 1. The predicted molar refractivity (Wildman–Crippen MR) is 111 cm³/mol. The maximum Gasteiger partial charge on any atom is 0.169 e. The van der Waals surface area contributed by atoms with Crippen LogP contribution >= 0.6 is 0 Å². The molecule has 0 saturated heterocycles. The van der Waals surface area contributed by atoms with E-state index in [-0.39, 0.29) is 11.4 Å². The summed E-state index contributed by atoms with van der Waals surface area (Å²) in [4.78, 5) is 4.43. The minimum Gasteiger partial charge on any atom is -0.493 e. The molecule has 0 aromatic heterocycles. The van der Waals surface area contributed by atoms with Gasteiger partial charge in [0, 0.05) is 11.6 Å². The van der Waals surface area contributed by atoms with Gasteiger partial charge in [-0.1, -0.05) is 18.2 Å². The molecule has 1 fully saturated rings. The third kappa shape index (κ3) is 3.47. The molecular weight excluding hydrogens is 410 g/mol. The Balaban J connectivity index is 1.76. The Morgan fingerprint density at radius 1 is 1.17 bits per heavy atom. The molecule has 0 amide bonds. The first-order chi connectivity index (χ1) is 14.0. The van der Waals surface area contributed by atoms with Gasteiger partial charge in [0.15, 0.2) is 14.6 Å². The van der Waals surface area contributed by atoms with Gasteiger partial charge in [-0.25, -0.2) is 17.2 Å². The molecule has 2 aromatic carbocycles. The van der Waals surface area contributed by atoms with Gasteiger partial charge in [0.1, 0.15) is 28.8 Å². The lowest BCUT2D eigenvalue weighted by molar-refractivity contribution is 0.299. The summed E-state index contributed by atoms with van der Waals surface area (Å²) in [5, 5.41) is 0. The van der Waals surface area contributed by atoms with E-state index in [1.165, 1.54) is 19.9 Å². The molecule has 1 aliphatic heterocycles. The van der Waals surface area contributed by atoms with E-state index in [9.17, 15) is 17.2 Å². The van der Waals surface area contributed by atoms with E-state index in [0.717, 1.165) is 18.9 Å². The molecule has 160 valence electrons. The maximum atomic E-state index is 14.4. The number of sulfone groups is 1. The van der Waals surface area contributed by atoms with Crippen LogP contribution < -0.4 is 10.5 Å². The number of hydrogen-bond donors (Lipinski definition) is 1. The van der Waals surface area contributed by atoms with Crippen LogP contribution in [-0.2, 0) is 20.1 Å². The van der Waals surface area contributed by atoms with Gasteiger partial charge in [-0.15, -0.1) is 0 Å². The van der Waals surface area contributed by atoms with Crippen LogP contribution in [0, 0.1) is 17.6 Å². The van der Waals surface area contributed by atoms with Crippen molar-refractivity contribution in [3.63, 3.8) is 0 Å². The van der Waals surface area contributed by atoms with Crippen LogP contribution in [0.4, 0.5) is 8.78 Å². The van der Waals surface area contributed by atoms with E-state index in [4.69, 9.17) is 10.5 Å². The summed E-state index contributed by atoms with van der Waals surface area (Å²) in [7, 11) is -3.92. The molecule has 0 unspecified atom stereocenters. The van der Waals surface area contributed by atoms with Crippen molar-refractivity contribution in [3.05, 3.63) is 65.2 Å². The fraction of sp³-hybridized carbons (Fsp3) is 0.409. The van der Waals surface area contributed by atoms with E-state index in [1.807, 2.05) is 0 Å². The zero-order chi connectivity index (χ0) is 21.7. The number of nitrogens with zero attached hydrogens (tertiary/aromatic N) is 1. The van der Waals surface area contributed by atoms with Gasteiger partial charge in [-0.2, -0.15) is 0 Å². The van der Waals surface area contributed by atoms with E-state index in [0.29, 0.717) is 29.9 Å². The number of ether oxygens (including phenoxy) is 1. The lowest BCUT2D eigenvalue weighted by atomic mass is 9.92. The number of hydrogen-bond acceptors (Lipinski definition) is 5. The molecule has 2 aliphatic rings. The third-order valence-electron chi connectivity index (χ3n) is 6.03. The van der Waals surface area contributed by atoms with Gasteiger partial charge in [-0.05, 0) is 56.4 Å². The number of halogens is 2. The molecule has 4 rings (SSSR count). The fourth-order valence-electron chi connectivity index (χ4n) is 3.85. The summed E-state index contributed by atoms with van der Waals surface area (Å²) >= 11 is 0. The van der Waals surface area contributed by atoms with Gasteiger partial charge in [0.05, 0.1) is 12.4 Å². The molecule has 0 bridgehead atoms. The fourth-order valence-corrected chi connectivity index (χ4v) is 5.95. The van der Waals surface area contributed by atoms with E-state index in [1.54, 1.807) is 24.3 Å². The summed E-state index contributed by atoms with van der Waals surface area (Å²) < 4.78 is 58.9. The Bertz CT molecular complexity index is 1130. The summed E-state index contributed by atoms with van der Waals surface area (Å²) in [6.07, 6.45) is 2.29. The highest BCUT2D eigenvalue weighted by Gasteiger charge is 2.53. The second-order valence-corrected chi connectivity index (χ2v) is 10.8. The first kappa shape index (κ1) is 20.8. The number of rotatable bonds is 5. The third-order valence-corrected chi connectivity index (χ3v) is 8.66. The molecule has 1 saturated carbocycles. The van der Waals surface area contributed by atoms with Gasteiger partial charge < -0.3 is 10.5 Å². The Morgan fingerprint density at radius 3 is 2.53 bits per heavy atom. The highest BCUT2D eigenvalue weighted by Crippen LogP contribution is 2.43. The van der Waals surface area contributed by atoms with Gasteiger partial charge >= 0.3 is 0 Å². The Labute approximate surface area is 174 Å². The first-order valence-corrected chi connectivity index (χ1v) is 11.5. The monoisotopic (exact) mass is 434 g/mol. The first-order valence-electron chi connectivity index (χ1n) is 9.82. The van der Waals surface area contributed by atoms with Gasteiger partial charge in [0.25, 0.3) is 0 Å². The number of benzene rings is 2. The van der Waals surface area contributed by atoms with Crippen LogP contribution in [0.1, 0.15) is 37.8 Å². The summed E-state index contributed by atoms with van der Waals surface area (Å²) in [5.74, 6) is -1.08. The van der Waals surface area contributed by atoms with Crippen LogP contribution in [0.2, 0.25) is 0 Å². The second kappa shape index (κ2) is 7.04. The smallest absolute Gasteiger partial charge is 0.169 e. The molecule has 0 radical (unpaired) electrons. The van der Waals surface area contributed by atoms with E-state index < -0.39 is 37.5 Å². The molecule has 0 spiro atoms. The van der Waals surface area contributed by atoms with Crippen molar-refractivity contribution < 1.29 is 21.9 Å². The molecule has 1 aliphatic carbocycles. The lowest BCUT2D eigenvalue weighted by Crippen LogP contribution is -2.54. The van der Waals surface area contributed by atoms with E-state index >= 15 is 0 Å². The largest absolute Gasteiger partial charge is 0.493 e. The van der Waals surface area contributed by atoms with Crippen molar-refractivity contribution in [1.82, 2.24) is 0 Å². The van der Waals surface area contributed by atoms with Crippen molar-refractivity contribution in [1.29, 1.82) is 0 Å². The van der Waals surface area contributed by atoms with Crippen molar-refractivity contribution in [3.8, 4) is 5.75 Å². The number of amidine groups is 1. The lowest BCUT2D eigenvalue weighted by Gasteiger charge is -2.40. The van der Waals surface area contributed by atoms with Crippen LogP contribution in [0.15, 0.2) is 47.5 Å². The van der Waals surface area contributed by atoms with Crippen molar-refractivity contribution in [2.75, 3.05) is 12.4 Å². The molecule has 5 nitrogen and oxygen atoms in total. The highest BCUT2D eigenvalue weighted by atomic mass is 32.2. The zero-order valence-electron chi connectivity index (χ0n) is 16.9. The molecule has 30 heavy (non-hydrogen) atoms. The maximum absolute atomic E-state index is 14.4. The van der Waals surface area contributed by atoms with Crippen molar-refractivity contribution in [2.45, 2.75) is 37.0 Å². The van der Waals surface area contributed by atoms with E-state index in [2.05, 4.69) is 4.99 Å². The van der Waals surface area contributed by atoms with Crippen LogP contribution in [0.3, 0.4) is 0 Å². The molecule has 2 aromatic rings. The topological polar surface area (TPSA) is 81.8 Å². The van der Waals surface area contributed by atoms with Crippen molar-refractivity contribution in [2.24, 2.45) is 16.6 Å². The van der Waals surface area contributed by atoms with Crippen molar-refractivity contribution >= 4 is 15.7 Å². The average molecular weight is 435 g/mol. The summed E-state index contributed by atoms with van der Waals surface area (Å²) in [5.41, 5.74) is 5.20. The molecule has 2 N–H and O–H groups in total. The normalized spacial score (nSPS) is 28.1. The Morgan fingerprint density at radius 2 is 1.90 bits per heavy atom. The highest BCUT2D eigenvalue weighted by molar-refractivity contribution is 7.93. The standard InChI is InChI=1S/C22H24F2N2O3S/c1-21(18-9-8-16(23)11-19(18)24)13-30(27,28)22(2,20(25)26-21)15-4-3-5-17(10-15)29-12-14-6-7-14/h3-5,8-11,14H,6-7,12-13H2,1-2H3,(H2,25,26)/t21-,22+/m0/s1. The molecule has 2 atom stereocenters. The Kier molecular flexibility index (Phi) is 4.88.